The van der Waals surface area contributed by atoms with Gasteiger partial charge in [-0.3, -0.25) is 9.08 Å². The molecule has 3 N–H and O–H groups in total. The molecule has 6 aliphatic heterocycles. The van der Waals surface area contributed by atoms with Crippen LogP contribution >= 0.6 is 82.0 Å². The lowest BCUT2D eigenvalue weighted by molar-refractivity contribution is -0.00455. The predicted molar refractivity (Wildman–Crippen MR) is 453 cm³/mol. The summed E-state index contributed by atoms with van der Waals surface area (Å²) in [6.45, 7) is 35.4. The number of aryl methyl sites for hydroxylation is 1. The van der Waals surface area contributed by atoms with Crippen LogP contribution in [0.2, 0.25) is 0 Å². The van der Waals surface area contributed by atoms with Gasteiger partial charge in [0.2, 0.25) is 0 Å². The van der Waals surface area contributed by atoms with Gasteiger partial charge in [-0.05, 0) is 201 Å². The number of hydrogen-bond acceptors (Lipinski definition) is 24. The van der Waals surface area contributed by atoms with E-state index >= 15 is 0 Å². The first-order chi connectivity index (χ1) is 54.6. The topological polar surface area (TPSA) is 401 Å². The number of halogens is 7. The number of nitrogens with zero attached hydrogens (tertiary/aromatic N) is 15. The molecule has 116 heavy (non-hydrogen) atoms. The number of nitrogens with one attached hydrogen (secondary N) is 2. The van der Waals surface area contributed by atoms with Crippen molar-refractivity contribution in [3.63, 3.8) is 0 Å². The van der Waals surface area contributed by atoms with Crippen molar-refractivity contribution in [2.45, 2.75) is 173 Å². The molecule has 0 bridgehead atoms. The first-order valence-electron chi connectivity index (χ1n) is 38.3. The van der Waals surface area contributed by atoms with E-state index in [0.717, 1.165) is 149 Å². The maximum absolute atomic E-state index is 12.1. The minimum absolute atomic E-state index is 0. The summed E-state index contributed by atoms with van der Waals surface area (Å²) in [6, 6.07) is 35.6. The molecule has 1 atom stereocenters. The third kappa shape index (κ3) is 47.6. The van der Waals surface area contributed by atoms with Crippen LogP contribution in [0.5, 0.6) is 0 Å². The Morgan fingerprint density at radius 2 is 0.983 bits per heavy atom. The Labute approximate surface area is 726 Å². The lowest BCUT2D eigenvalue weighted by Gasteiger charge is -2.41. The smallest absolute Gasteiger partial charge is 0.410 e. The molecule has 7 aliphatic rings. The van der Waals surface area contributed by atoms with E-state index in [-0.39, 0.29) is 48.6 Å². The number of hydrogen-bond donors (Lipinski definition) is 3. The Hall–Kier alpha value is -6.95. The monoisotopic (exact) mass is 1770 g/mol. The molecule has 2 aromatic rings. The SMILES string of the molecule is CC(C)(C)OC(=O)N1CC(CCN2CCC(C#N)(C#N)CC2)C1.CC(Cl)OC(=O)Cl.CO.Cc1ccc(S(=O)(=O)OCCC2CN(C(=O)OC(C)(C)C)C2)cc1.Cl.ClCCCl.ClCCN(CCCl)Cc1ccccc1.N#CC1(C#N)CCCCC1.N#CC1(C#N)CCN(CCC2CNC2)CC1.N#CC1(C#N)CCNCC1.[C-]#[N+]CC#N. The fourth-order valence-electron chi connectivity index (χ4n) is 11.7. The molecule has 2 amide bonds. The number of nitriles is 9. The molecular weight excluding hydrogens is 1650 g/mol. The zero-order chi connectivity index (χ0) is 87.0. The number of alkyl halides is 5. The molecule has 1 saturated carbocycles. The van der Waals surface area contributed by atoms with E-state index in [1.165, 1.54) is 37.5 Å². The van der Waals surface area contributed by atoms with Crippen molar-refractivity contribution in [1.29, 1.82) is 47.4 Å². The summed E-state index contributed by atoms with van der Waals surface area (Å²) in [7, 11) is -2.72. The van der Waals surface area contributed by atoms with Gasteiger partial charge in [0.1, 0.15) is 38.9 Å². The lowest BCUT2D eigenvalue weighted by Crippen LogP contribution is -2.52. The van der Waals surface area contributed by atoms with E-state index in [9.17, 15) is 22.8 Å². The molecule has 6 heterocycles. The molecule has 6 saturated heterocycles. The van der Waals surface area contributed by atoms with E-state index in [0.29, 0.717) is 87.5 Å². The molecule has 1 aliphatic carbocycles. The highest BCUT2D eigenvalue weighted by atomic mass is 35.5. The molecule has 1 unspecified atom stereocenters. The Bertz CT molecular complexity index is 3550. The minimum Gasteiger partial charge on any atom is -0.444 e. The van der Waals surface area contributed by atoms with Crippen LogP contribution in [-0.2, 0) is 35.1 Å². The van der Waals surface area contributed by atoms with Gasteiger partial charge < -0.3 is 54.4 Å². The molecule has 2 aromatic carbocycles. The molecule has 0 radical (unpaired) electrons. The second-order valence-electron chi connectivity index (χ2n) is 30.1. The van der Waals surface area contributed by atoms with Crippen LogP contribution in [-0.4, -0.2) is 221 Å². The van der Waals surface area contributed by atoms with Crippen molar-refractivity contribution < 1.29 is 46.3 Å². The molecule has 0 spiro atoms. The molecule has 7 fully saturated rings. The highest BCUT2D eigenvalue weighted by molar-refractivity contribution is 7.86. The van der Waals surface area contributed by atoms with Crippen LogP contribution in [0.15, 0.2) is 59.5 Å². The summed E-state index contributed by atoms with van der Waals surface area (Å²) < 4.78 is 43.9. The summed E-state index contributed by atoms with van der Waals surface area (Å²) in [5.41, 5.74) is -2.95. The minimum atomic E-state index is -3.72. The Morgan fingerprint density at radius 1 is 0.595 bits per heavy atom. The maximum Gasteiger partial charge on any atom is 0.410 e. The summed E-state index contributed by atoms with van der Waals surface area (Å²) >= 11 is 31.4. The van der Waals surface area contributed by atoms with Gasteiger partial charge in [0.05, 0.1) is 60.1 Å². The Morgan fingerprint density at radius 3 is 1.28 bits per heavy atom. The van der Waals surface area contributed by atoms with E-state index in [1.807, 2.05) is 54.5 Å². The Kier molecular flexibility index (Phi) is 58.8. The number of aliphatic hydroxyl groups is 1. The van der Waals surface area contributed by atoms with Crippen molar-refractivity contribution in [3.8, 4) is 54.6 Å². The number of benzene rings is 2. The number of aliphatic hydroxyl groups excluding tert-OH is 1. The van der Waals surface area contributed by atoms with Crippen LogP contribution in [0.3, 0.4) is 0 Å². The number of likely N-dealkylation sites (tertiary alicyclic amines) is 4. The van der Waals surface area contributed by atoms with Gasteiger partial charge in [0.15, 0.2) is 5.56 Å². The number of carbonyl (C=O) groups is 3. The average molecular weight is 1770 g/mol. The molecular formula is C81H118Cl7N17O10S. The number of carbonyl (C=O) groups excluding carboxylic acids is 3. The average Bonchev–Trinajstić information content (AvgIpc) is 0.829. The second kappa shape index (κ2) is 61.4. The van der Waals surface area contributed by atoms with Crippen LogP contribution in [0.4, 0.5) is 14.4 Å². The van der Waals surface area contributed by atoms with Gasteiger partial charge in [0, 0.05) is 114 Å². The van der Waals surface area contributed by atoms with Crippen LogP contribution in [0.1, 0.15) is 149 Å². The zero-order valence-electron chi connectivity index (χ0n) is 68.6. The molecule has 642 valence electrons. The normalized spacial score (nSPS) is 17.6. The van der Waals surface area contributed by atoms with Gasteiger partial charge >= 0.3 is 17.6 Å². The Balaban J connectivity index is 0. The zero-order valence-corrected chi connectivity index (χ0v) is 74.8. The largest absolute Gasteiger partial charge is 0.444 e. The molecule has 27 nitrogen and oxygen atoms in total. The van der Waals surface area contributed by atoms with E-state index in [4.69, 9.17) is 142 Å². The maximum atomic E-state index is 12.1. The number of amides is 2. The third-order valence-electron chi connectivity index (χ3n) is 18.7. The molecule has 9 rings (SSSR count). The van der Waals surface area contributed by atoms with Crippen molar-refractivity contribution in [3.05, 3.63) is 77.1 Å². The summed E-state index contributed by atoms with van der Waals surface area (Å²) in [6.07, 6.45) is 11.2. The van der Waals surface area contributed by atoms with Gasteiger partial charge in [-0.25, -0.2) is 21.0 Å². The van der Waals surface area contributed by atoms with E-state index in [1.54, 1.807) is 28.0 Å². The van der Waals surface area contributed by atoms with Crippen molar-refractivity contribution in [2.75, 3.05) is 148 Å². The van der Waals surface area contributed by atoms with Gasteiger partial charge in [0.25, 0.3) is 16.7 Å². The second-order valence-corrected chi connectivity index (χ2v) is 34.1. The van der Waals surface area contributed by atoms with Crippen molar-refractivity contribution >= 4 is 110 Å². The number of ether oxygens (including phenoxy) is 3. The first-order valence-corrected chi connectivity index (χ1v) is 42.7. The summed E-state index contributed by atoms with van der Waals surface area (Å²) in [5.74, 6) is 4.04. The van der Waals surface area contributed by atoms with Crippen molar-refractivity contribution in [2.24, 2.45) is 39.4 Å². The fraction of sp³-hybridized carbons (Fsp3) is 0.691. The van der Waals surface area contributed by atoms with Gasteiger partial charge in [-0.15, -0.1) is 58.8 Å². The van der Waals surface area contributed by atoms with Crippen LogP contribution < -0.4 is 10.6 Å². The number of rotatable bonds is 19. The predicted octanol–water partition coefficient (Wildman–Crippen LogP) is 15.3. The van der Waals surface area contributed by atoms with Gasteiger partial charge in [-0.1, -0.05) is 78.9 Å². The highest BCUT2D eigenvalue weighted by Gasteiger charge is 2.39. The number of piperidine rings is 3. The van der Waals surface area contributed by atoms with E-state index < -0.39 is 54.0 Å². The van der Waals surface area contributed by atoms with Crippen LogP contribution in [0, 0.1) is 155 Å². The van der Waals surface area contributed by atoms with E-state index in [2.05, 4.69) is 108 Å². The van der Waals surface area contributed by atoms with Crippen molar-refractivity contribution in [1.82, 2.24) is 35.1 Å². The summed E-state index contributed by atoms with van der Waals surface area (Å²) in [4.78, 5) is 46.6. The fourth-order valence-corrected chi connectivity index (χ4v) is 13.3. The highest BCUT2D eigenvalue weighted by Crippen LogP contribution is 2.36. The third-order valence-corrected chi connectivity index (χ3v) is 21.1. The standard InChI is InChI=1S/C17H26N4O2.C17H25NO5S.C12H18N4.C11H15Cl2N.C8H10N2.C7H9N3.C3H4Cl2O2.C3H2N2.C2H4Cl2.CH4O.ClH/c1-16(2,3)23-15(22)21-10-14(11-21)4-7-20-8-5-17(12-18,13-19)6-9-20;1-13-5-7-15(8-6-13)24(20,21)22-10-9-14-11-18(12-14)16(19)23-17(2,3)4;13-9-12(10-14)2-5-16(6-3-12)4-1-11-7-15-8-11;12-6-8-14(9-7-13)10-11-4-2-1-3-5-11;9-6-8(7-10)4-2-1-3-5-8;8-5-7(6-9)1-3-10-4-2-7;1-2(4)7-3(5)6;1-5-3-2-4;3-1-2-4;1-2;/h14H,4-11H2,1-3H3;5-8,14H,9-12H2,1-4H3;11,15H,1-8H2;1-5H,6-10H2;1-5H2;10H,1-4H2;2H,1H3;3H2;1-2H2;2H,1H3;1H. The quantitative estimate of drug-likeness (QED) is 0.0294. The summed E-state index contributed by atoms with van der Waals surface area (Å²) in [5, 5.41) is 91.8. The molecule has 35 heteroatoms. The van der Waals surface area contributed by atoms with Crippen LogP contribution in [0.25, 0.3) is 4.85 Å². The first kappa shape index (κ1) is 111. The molecule has 0 aromatic heterocycles. The lowest BCUT2D eigenvalue weighted by atomic mass is 9.77. The van der Waals surface area contributed by atoms with Gasteiger partial charge in [-0.2, -0.15) is 55.8 Å².